The summed E-state index contributed by atoms with van der Waals surface area (Å²) in [5.41, 5.74) is 5.23. The molecule has 0 spiro atoms. The highest BCUT2D eigenvalue weighted by atomic mass is 35.5. The molecule has 4 aromatic carbocycles. The van der Waals surface area contributed by atoms with Gasteiger partial charge in [0.05, 0.1) is 38.9 Å². The third kappa shape index (κ3) is 17.3. The highest BCUT2D eigenvalue weighted by Crippen LogP contribution is 2.26. The van der Waals surface area contributed by atoms with E-state index in [9.17, 15) is 19.2 Å². The summed E-state index contributed by atoms with van der Waals surface area (Å²) >= 11 is 23.9. The van der Waals surface area contributed by atoms with E-state index in [2.05, 4.69) is 34.8 Å². The van der Waals surface area contributed by atoms with Gasteiger partial charge >= 0.3 is 18.2 Å². The SMILES string of the molecule is CCc1ccc(N=C=O)cc1.CCc1ccc(NC(=O)OCCN(C)C(=O)NCc2cccc(Cl)c2Cl)cc1.CN(CCO)C(=O)NCc1cccc(Cl)c1Cl. The molecule has 0 aliphatic carbocycles. The van der Waals surface area contributed by atoms with Crippen LogP contribution >= 0.6 is 46.4 Å². The molecule has 16 heteroatoms. The number of nitrogens with zero attached hydrogens (tertiary/aromatic N) is 3. The Kier molecular flexibility index (Phi) is 22.1. The van der Waals surface area contributed by atoms with Gasteiger partial charge in [0.25, 0.3) is 0 Å². The van der Waals surface area contributed by atoms with E-state index in [-0.39, 0.29) is 44.9 Å². The van der Waals surface area contributed by atoms with Crippen molar-refractivity contribution in [1.29, 1.82) is 0 Å². The topological polar surface area (TPSA) is 153 Å². The van der Waals surface area contributed by atoms with Crippen LogP contribution in [0.1, 0.15) is 36.1 Å². The normalized spacial score (nSPS) is 9.95. The number of carbonyl (C=O) groups excluding carboxylic acids is 4. The molecule has 0 saturated carbocycles. The van der Waals surface area contributed by atoms with Gasteiger partial charge in [-0.3, -0.25) is 5.32 Å². The van der Waals surface area contributed by atoms with Gasteiger partial charge in [-0.2, -0.15) is 4.99 Å². The van der Waals surface area contributed by atoms with Gasteiger partial charge in [0.2, 0.25) is 6.08 Å². The van der Waals surface area contributed by atoms with Crippen LogP contribution in [0.4, 0.5) is 25.8 Å². The molecule has 12 nitrogen and oxygen atoms in total. The smallest absolute Gasteiger partial charge is 0.411 e. The van der Waals surface area contributed by atoms with Crippen LogP contribution in [-0.2, 0) is 35.5 Å². The first-order chi connectivity index (χ1) is 26.8. The van der Waals surface area contributed by atoms with Crippen molar-refractivity contribution >= 4 is 82.0 Å². The number of nitrogens with one attached hydrogen (secondary N) is 3. The molecule has 4 N–H and O–H groups in total. The predicted molar refractivity (Wildman–Crippen MR) is 224 cm³/mol. The molecular formula is C40H46Cl4N6O6. The minimum absolute atomic E-state index is 0.0676. The average molecular weight is 849 g/mol. The Bertz CT molecular complexity index is 1890. The fourth-order valence-corrected chi connectivity index (χ4v) is 5.22. The van der Waals surface area contributed by atoms with Crippen molar-refractivity contribution in [3.8, 4) is 0 Å². The van der Waals surface area contributed by atoms with E-state index in [0.717, 1.165) is 24.0 Å². The molecular weight excluding hydrogens is 802 g/mol. The van der Waals surface area contributed by atoms with E-state index in [4.69, 9.17) is 56.2 Å². The predicted octanol–water partition coefficient (Wildman–Crippen LogP) is 9.29. The van der Waals surface area contributed by atoms with Gasteiger partial charge in [-0.1, -0.05) is 109 Å². The van der Waals surface area contributed by atoms with Crippen LogP contribution in [0.3, 0.4) is 0 Å². The molecule has 0 unspecified atom stereocenters. The standard InChI is InChI=1S/C20H23Cl2N3O3.C11H14Cl2N2O2.C9H9NO/c1-3-14-7-9-16(10-8-14)24-20(27)28-12-11-25(2)19(26)23-13-15-5-4-6-17(21)18(15)22;1-15(5-6-16)11(17)14-7-8-3-2-4-9(12)10(8)13;1-2-8-3-5-9(6-4-8)10-7-11/h4-10H,3,11-13H2,1-2H3,(H,23,26)(H,24,27);2-4,16H,5-7H2,1H3,(H,14,17);3-6H,2H2,1H3. The highest BCUT2D eigenvalue weighted by Gasteiger charge is 2.12. The number of halogens is 4. The zero-order valence-corrected chi connectivity index (χ0v) is 34.6. The van der Waals surface area contributed by atoms with Crippen LogP contribution in [-0.4, -0.2) is 79.5 Å². The lowest BCUT2D eigenvalue weighted by atomic mass is 10.1. The maximum absolute atomic E-state index is 12.1. The summed E-state index contributed by atoms with van der Waals surface area (Å²) in [6, 6.07) is 25.0. The zero-order valence-electron chi connectivity index (χ0n) is 31.6. The molecule has 4 rings (SSSR count). The molecule has 0 aliphatic rings. The first-order valence-corrected chi connectivity index (χ1v) is 19.0. The van der Waals surface area contributed by atoms with Crippen LogP contribution in [0.2, 0.25) is 20.1 Å². The Hall–Kier alpha value is -4.81. The maximum atomic E-state index is 12.1. The fourth-order valence-electron chi connectivity index (χ4n) is 4.45. The molecule has 0 bridgehead atoms. The number of ether oxygens (including phenoxy) is 1. The number of urea groups is 2. The largest absolute Gasteiger partial charge is 0.447 e. The Morgan fingerprint density at radius 1 is 0.714 bits per heavy atom. The van der Waals surface area contributed by atoms with Gasteiger partial charge in [0.15, 0.2) is 0 Å². The van der Waals surface area contributed by atoms with Gasteiger partial charge < -0.3 is 30.3 Å². The molecule has 0 fully saturated rings. The average Bonchev–Trinajstić information content (AvgIpc) is 3.20. The molecule has 5 amide bonds. The number of hydrogen-bond acceptors (Lipinski definition) is 7. The van der Waals surface area contributed by atoms with Crippen LogP contribution in [0, 0.1) is 0 Å². The second-order valence-electron chi connectivity index (χ2n) is 11.8. The molecule has 0 saturated heterocycles. The zero-order chi connectivity index (χ0) is 41.5. The Labute approximate surface area is 347 Å². The Balaban J connectivity index is 0.000000326. The third-order valence-corrected chi connectivity index (χ3v) is 9.56. The molecule has 0 radical (unpaired) electrons. The Morgan fingerprint density at radius 2 is 1.18 bits per heavy atom. The number of anilines is 1. The molecule has 0 aliphatic heterocycles. The van der Waals surface area contributed by atoms with Gasteiger partial charge in [-0.25, -0.2) is 19.2 Å². The minimum Gasteiger partial charge on any atom is -0.447 e. The number of aliphatic hydroxyl groups is 1. The van der Waals surface area contributed by atoms with Gasteiger partial charge in [0, 0.05) is 39.4 Å². The van der Waals surface area contributed by atoms with Crippen LogP contribution < -0.4 is 16.0 Å². The number of amides is 5. The summed E-state index contributed by atoms with van der Waals surface area (Å²) in [4.78, 5) is 51.6. The van der Waals surface area contributed by atoms with Gasteiger partial charge in [0.1, 0.15) is 6.61 Å². The second-order valence-corrected chi connectivity index (χ2v) is 13.4. The lowest BCUT2D eigenvalue weighted by molar-refractivity contribution is 0.146. The van der Waals surface area contributed by atoms with Gasteiger partial charge in [-0.05, 0) is 71.5 Å². The molecule has 0 aromatic heterocycles. The van der Waals surface area contributed by atoms with Crippen molar-refractivity contribution in [1.82, 2.24) is 20.4 Å². The number of carbonyl (C=O) groups is 3. The minimum atomic E-state index is -0.566. The van der Waals surface area contributed by atoms with E-state index in [1.807, 2.05) is 48.5 Å². The van der Waals surface area contributed by atoms with E-state index >= 15 is 0 Å². The van der Waals surface area contributed by atoms with Crippen molar-refractivity contribution < 1.29 is 29.0 Å². The quantitative estimate of drug-likeness (QED) is 0.0778. The Morgan fingerprint density at radius 3 is 1.62 bits per heavy atom. The summed E-state index contributed by atoms with van der Waals surface area (Å²) < 4.78 is 5.11. The molecule has 56 heavy (non-hydrogen) atoms. The number of benzene rings is 4. The molecule has 0 atom stereocenters. The van der Waals surface area contributed by atoms with E-state index in [1.54, 1.807) is 50.5 Å². The van der Waals surface area contributed by atoms with Crippen LogP contribution in [0.5, 0.6) is 0 Å². The van der Waals surface area contributed by atoms with E-state index in [0.29, 0.717) is 38.0 Å². The monoisotopic (exact) mass is 846 g/mol. The number of rotatable bonds is 13. The summed E-state index contributed by atoms with van der Waals surface area (Å²) in [5, 5.41) is 18.5. The number of isocyanates is 1. The van der Waals surface area contributed by atoms with Crippen molar-refractivity contribution in [2.24, 2.45) is 4.99 Å². The summed E-state index contributed by atoms with van der Waals surface area (Å²) in [5.74, 6) is 0. The van der Waals surface area contributed by atoms with Crippen molar-refractivity contribution in [3.63, 3.8) is 0 Å². The van der Waals surface area contributed by atoms with Crippen LogP contribution in [0.15, 0.2) is 89.9 Å². The lowest BCUT2D eigenvalue weighted by Crippen LogP contribution is -2.39. The fraction of sp³-hybridized carbons (Fsp3) is 0.300. The number of aliphatic imine (C=N–C) groups is 1. The molecule has 4 aromatic rings. The number of likely N-dealkylation sites (N-methyl/N-ethyl adjacent to an activating group) is 2. The number of aliphatic hydroxyl groups excluding tert-OH is 1. The van der Waals surface area contributed by atoms with Crippen molar-refractivity contribution in [2.45, 2.75) is 39.8 Å². The lowest BCUT2D eigenvalue weighted by Gasteiger charge is -2.18. The summed E-state index contributed by atoms with van der Waals surface area (Å²) in [6.45, 7) is 5.23. The van der Waals surface area contributed by atoms with Crippen molar-refractivity contribution in [2.75, 3.05) is 45.7 Å². The summed E-state index contributed by atoms with van der Waals surface area (Å²) in [7, 11) is 3.21. The van der Waals surface area contributed by atoms with Gasteiger partial charge in [-0.15, -0.1) is 0 Å². The molecule has 300 valence electrons. The number of aryl methyl sites for hydroxylation is 2. The van der Waals surface area contributed by atoms with Crippen LogP contribution in [0.25, 0.3) is 0 Å². The van der Waals surface area contributed by atoms with E-state index < -0.39 is 6.09 Å². The first kappa shape index (κ1) is 47.3. The first-order valence-electron chi connectivity index (χ1n) is 17.5. The summed E-state index contributed by atoms with van der Waals surface area (Å²) in [6.07, 6.45) is 2.87. The van der Waals surface area contributed by atoms with E-state index in [1.165, 1.54) is 27.0 Å². The third-order valence-electron chi connectivity index (χ3n) is 7.84. The maximum Gasteiger partial charge on any atom is 0.411 e. The highest BCUT2D eigenvalue weighted by molar-refractivity contribution is 6.43. The molecule has 0 heterocycles. The second kappa shape index (κ2) is 26.1. The van der Waals surface area contributed by atoms with Crippen molar-refractivity contribution in [3.05, 3.63) is 127 Å². The number of hydrogen-bond donors (Lipinski definition) is 4.